The lowest BCUT2D eigenvalue weighted by Crippen LogP contribution is -2.40. The molecule has 1 atom stereocenters. The first-order valence-corrected chi connectivity index (χ1v) is 8.26. The minimum Gasteiger partial charge on any atom is -0.444 e. The Labute approximate surface area is 141 Å². The number of nitrogens with zero attached hydrogens (tertiary/aromatic N) is 4. The topological polar surface area (TPSA) is 75.6 Å². The smallest absolute Gasteiger partial charge is 0.220 e. The van der Waals surface area contributed by atoms with Crippen molar-refractivity contribution in [1.29, 1.82) is 0 Å². The standard InChI is InChI=1S/C17H24N4O3/c1-11-7-18-17(23-11)10-21(14(4)22)15-5-6-20(8-15)9-16-12(2)19-24-13(16)3/h7,15H,5-6,8-10H2,1-4H3. The first kappa shape index (κ1) is 16.7. The zero-order valence-electron chi connectivity index (χ0n) is 14.7. The number of carbonyl (C=O) groups is 1. The second kappa shape index (κ2) is 6.76. The van der Waals surface area contributed by atoms with E-state index in [0.717, 1.165) is 48.8 Å². The van der Waals surface area contributed by atoms with Crippen molar-refractivity contribution in [3.8, 4) is 0 Å². The first-order chi connectivity index (χ1) is 11.4. The van der Waals surface area contributed by atoms with E-state index in [1.807, 2.05) is 25.7 Å². The number of oxazole rings is 1. The Morgan fingerprint density at radius 2 is 2.21 bits per heavy atom. The monoisotopic (exact) mass is 332 g/mol. The molecule has 1 fully saturated rings. The van der Waals surface area contributed by atoms with Gasteiger partial charge in [-0.1, -0.05) is 5.16 Å². The maximum absolute atomic E-state index is 12.1. The normalized spacial score (nSPS) is 18.2. The molecule has 1 unspecified atom stereocenters. The average molecular weight is 332 g/mol. The van der Waals surface area contributed by atoms with Crippen LogP contribution in [0.5, 0.6) is 0 Å². The predicted molar refractivity (Wildman–Crippen MR) is 87.1 cm³/mol. The molecule has 7 heteroatoms. The van der Waals surface area contributed by atoms with Crippen molar-refractivity contribution >= 4 is 5.91 Å². The van der Waals surface area contributed by atoms with Crippen molar-refractivity contribution in [2.24, 2.45) is 0 Å². The molecule has 0 aliphatic carbocycles. The van der Waals surface area contributed by atoms with Gasteiger partial charge in [-0.15, -0.1) is 0 Å². The lowest BCUT2D eigenvalue weighted by Gasteiger charge is -2.27. The molecule has 0 saturated carbocycles. The fourth-order valence-electron chi connectivity index (χ4n) is 3.28. The molecule has 24 heavy (non-hydrogen) atoms. The Bertz CT molecular complexity index is 702. The second-order valence-corrected chi connectivity index (χ2v) is 6.49. The quantitative estimate of drug-likeness (QED) is 0.835. The summed E-state index contributed by atoms with van der Waals surface area (Å²) in [4.78, 5) is 20.5. The van der Waals surface area contributed by atoms with Crippen LogP contribution in [0.3, 0.4) is 0 Å². The highest BCUT2D eigenvalue weighted by molar-refractivity contribution is 5.73. The molecule has 0 bridgehead atoms. The highest BCUT2D eigenvalue weighted by atomic mass is 16.5. The Hall–Kier alpha value is -2.15. The van der Waals surface area contributed by atoms with E-state index in [4.69, 9.17) is 8.94 Å². The van der Waals surface area contributed by atoms with Crippen LogP contribution in [0.1, 0.15) is 42.0 Å². The van der Waals surface area contributed by atoms with Crippen molar-refractivity contribution in [3.63, 3.8) is 0 Å². The first-order valence-electron chi connectivity index (χ1n) is 8.26. The van der Waals surface area contributed by atoms with Crippen LogP contribution in [0.15, 0.2) is 15.1 Å². The van der Waals surface area contributed by atoms with Crippen LogP contribution in [-0.2, 0) is 17.9 Å². The molecule has 0 spiro atoms. The highest BCUT2D eigenvalue weighted by Gasteiger charge is 2.31. The summed E-state index contributed by atoms with van der Waals surface area (Å²) in [5.41, 5.74) is 2.09. The lowest BCUT2D eigenvalue weighted by molar-refractivity contribution is -0.132. The minimum absolute atomic E-state index is 0.0510. The maximum Gasteiger partial charge on any atom is 0.220 e. The predicted octanol–water partition coefficient (Wildman–Crippen LogP) is 2.21. The molecule has 3 rings (SSSR count). The third-order valence-corrected chi connectivity index (χ3v) is 4.63. The van der Waals surface area contributed by atoms with Gasteiger partial charge in [0.05, 0.1) is 18.4 Å². The van der Waals surface area contributed by atoms with Crippen LogP contribution < -0.4 is 0 Å². The van der Waals surface area contributed by atoms with Crippen molar-refractivity contribution < 1.29 is 13.7 Å². The lowest BCUT2D eigenvalue weighted by atomic mass is 10.2. The van der Waals surface area contributed by atoms with E-state index in [1.165, 1.54) is 0 Å². The number of likely N-dealkylation sites (tertiary alicyclic amines) is 1. The zero-order valence-corrected chi connectivity index (χ0v) is 14.7. The molecule has 0 radical (unpaired) electrons. The van der Waals surface area contributed by atoms with Crippen molar-refractivity contribution in [2.75, 3.05) is 13.1 Å². The molecule has 2 aromatic heterocycles. The molecule has 0 N–H and O–H groups in total. The fraction of sp³-hybridized carbons (Fsp3) is 0.588. The highest BCUT2D eigenvalue weighted by Crippen LogP contribution is 2.22. The van der Waals surface area contributed by atoms with E-state index < -0.39 is 0 Å². The number of hydrogen-bond acceptors (Lipinski definition) is 6. The Morgan fingerprint density at radius 3 is 2.79 bits per heavy atom. The van der Waals surface area contributed by atoms with Gasteiger partial charge in [-0.25, -0.2) is 4.98 Å². The molecule has 1 amide bonds. The number of hydrogen-bond donors (Lipinski definition) is 0. The van der Waals surface area contributed by atoms with Crippen molar-refractivity contribution in [1.82, 2.24) is 19.9 Å². The summed E-state index contributed by atoms with van der Waals surface area (Å²) in [6.07, 6.45) is 2.63. The molecule has 1 saturated heterocycles. The number of aryl methyl sites for hydroxylation is 3. The molecular formula is C17H24N4O3. The molecule has 130 valence electrons. The fourth-order valence-corrected chi connectivity index (χ4v) is 3.28. The minimum atomic E-state index is 0.0510. The zero-order chi connectivity index (χ0) is 17.3. The van der Waals surface area contributed by atoms with Gasteiger partial charge in [-0.3, -0.25) is 9.69 Å². The van der Waals surface area contributed by atoms with Gasteiger partial charge in [0.1, 0.15) is 11.5 Å². The molecule has 0 aromatic carbocycles. The van der Waals surface area contributed by atoms with E-state index in [1.54, 1.807) is 13.1 Å². The Balaban J connectivity index is 1.65. The SMILES string of the molecule is CC(=O)N(Cc1ncc(C)o1)C1CCN(Cc2c(C)noc2C)C1. The third kappa shape index (κ3) is 3.51. The van der Waals surface area contributed by atoms with Gasteiger partial charge in [0.2, 0.25) is 11.8 Å². The molecule has 1 aliphatic rings. The number of carbonyl (C=O) groups excluding carboxylic acids is 1. The number of amides is 1. The molecule has 3 heterocycles. The van der Waals surface area contributed by atoms with E-state index in [9.17, 15) is 4.79 Å². The third-order valence-electron chi connectivity index (χ3n) is 4.63. The second-order valence-electron chi connectivity index (χ2n) is 6.49. The molecule has 2 aromatic rings. The van der Waals surface area contributed by atoms with E-state index in [0.29, 0.717) is 12.4 Å². The van der Waals surface area contributed by atoms with Crippen molar-refractivity contribution in [2.45, 2.75) is 53.2 Å². The summed E-state index contributed by atoms with van der Waals surface area (Å²) >= 11 is 0. The summed E-state index contributed by atoms with van der Waals surface area (Å²) in [5.74, 6) is 2.27. The largest absolute Gasteiger partial charge is 0.444 e. The van der Waals surface area contributed by atoms with Gasteiger partial charge >= 0.3 is 0 Å². The van der Waals surface area contributed by atoms with E-state index in [-0.39, 0.29) is 11.9 Å². The van der Waals surface area contributed by atoms with Crippen LogP contribution in [0.2, 0.25) is 0 Å². The van der Waals surface area contributed by atoms with Gasteiger partial charge in [-0.05, 0) is 27.2 Å². The van der Waals surface area contributed by atoms with Crippen LogP contribution in [0, 0.1) is 20.8 Å². The van der Waals surface area contributed by atoms with Crippen LogP contribution >= 0.6 is 0 Å². The average Bonchev–Trinajstić information content (AvgIpc) is 3.22. The molecular weight excluding hydrogens is 308 g/mol. The van der Waals surface area contributed by atoms with Crippen LogP contribution in [0.25, 0.3) is 0 Å². The van der Waals surface area contributed by atoms with Crippen LogP contribution in [0.4, 0.5) is 0 Å². The summed E-state index contributed by atoms with van der Waals surface area (Å²) in [6.45, 7) is 10.4. The number of rotatable bonds is 5. The Kier molecular flexibility index (Phi) is 4.71. The summed E-state index contributed by atoms with van der Waals surface area (Å²) in [7, 11) is 0. The van der Waals surface area contributed by atoms with Gasteiger partial charge in [0, 0.05) is 38.2 Å². The van der Waals surface area contributed by atoms with Gasteiger partial charge in [-0.2, -0.15) is 0 Å². The van der Waals surface area contributed by atoms with Crippen molar-refractivity contribution in [3.05, 3.63) is 34.9 Å². The molecule has 1 aliphatic heterocycles. The van der Waals surface area contributed by atoms with E-state index in [2.05, 4.69) is 15.0 Å². The Morgan fingerprint density at radius 1 is 1.42 bits per heavy atom. The summed E-state index contributed by atoms with van der Waals surface area (Å²) < 4.78 is 10.8. The summed E-state index contributed by atoms with van der Waals surface area (Å²) in [5, 5.41) is 4.01. The molecule has 7 nitrogen and oxygen atoms in total. The van der Waals surface area contributed by atoms with Gasteiger partial charge < -0.3 is 13.8 Å². The summed E-state index contributed by atoms with van der Waals surface area (Å²) in [6, 6.07) is 0.176. The van der Waals surface area contributed by atoms with E-state index >= 15 is 0 Å². The van der Waals surface area contributed by atoms with Crippen LogP contribution in [-0.4, -0.2) is 45.0 Å². The van der Waals surface area contributed by atoms with Gasteiger partial charge in [0.25, 0.3) is 0 Å². The van der Waals surface area contributed by atoms with Gasteiger partial charge in [0.15, 0.2) is 0 Å². The number of aromatic nitrogens is 2. The maximum atomic E-state index is 12.1.